The normalized spacial score (nSPS) is 20.0. The third kappa shape index (κ3) is 1.54. The molecule has 1 aliphatic rings. The minimum atomic E-state index is -0.435. The Morgan fingerprint density at radius 2 is 2.07 bits per heavy atom. The van der Waals surface area contributed by atoms with E-state index in [0.29, 0.717) is 13.2 Å². The van der Waals surface area contributed by atoms with Gasteiger partial charge in [0.2, 0.25) is 0 Å². The second kappa shape index (κ2) is 3.89. The first-order valence-electron chi connectivity index (χ1n) is 5.16. The summed E-state index contributed by atoms with van der Waals surface area (Å²) in [6, 6.07) is 0. The molecule has 0 spiro atoms. The highest BCUT2D eigenvalue weighted by Crippen LogP contribution is 2.49. The number of carbonyl (C=O) groups excluding carboxylic acids is 1. The lowest BCUT2D eigenvalue weighted by molar-refractivity contribution is -0.201. The molecule has 1 aliphatic heterocycles. The Bertz CT molecular complexity index is 217. The third-order valence-corrected chi connectivity index (χ3v) is 3.51. The van der Waals surface area contributed by atoms with E-state index in [1.165, 1.54) is 7.11 Å². The maximum absolute atomic E-state index is 11.7. The topological polar surface area (TPSA) is 35.5 Å². The second-order valence-electron chi connectivity index (χ2n) is 4.64. The van der Waals surface area contributed by atoms with E-state index >= 15 is 0 Å². The Hall–Kier alpha value is -0.570. The molecule has 1 saturated heterocycles. The van der Waals surface area contributed by atoms with Gasteiger partial charge in [-0.1, -0.05) is 13.3 Å². The molecule has 1 rings (SSSR count). The predicted octanol–water partition coefficient (Wildman–Crippen LogP) is 2.00. The summed E-state index contributed by atoms with van der Waals surface area (Å²) in [6.07, 6.45) is 2.10. The minimum Gasteiger partial charge on any atom is -0.469 e. The molecule has 0 aromatic heterocycles. The van der Waals surface area contributed by atoms with E-state index in [1.54, 1.807) is 0 Å². The average Bonchev–Trinajstić information content (AvgIpc) is 2.09. The summed E-state index contributed by atoms with van der Waals surface area (Å²) < 4.78 is 10.1. The molecular formula is C11H20O3. The minimum absolute atomic E-state index is 0.00512. The fraction of sp³-hybridized carbons (Fsp3) is 0.909. The summed E-state index contributed by atoms with van der Waals surface area (Å²) in [5, 5.41) is 0. The second-order valence-corrected chi connectivity index (χ2v) is 4.64. The van der Waals surface area contributed by atoms with Crippen LogP contribution in [0.3, 0.4) is 0 Å². The van der Waals surface area contributed by atoms with Gasteiger partial charge in [0.05, 0.1) is 25.7 Å². The van der Waals surface area contributed by atoms with Crippen LogP contribution in [0, 0.1) is 10.8 Å². The van der Waals surface area contributed by atoms with E-state index in [0.717, 1.165) is 12.8 Å². The predicted molar refractivity (Wildman–Crippen MR) is 54.0 cm³/mol. The van der Waals surface area contributed by atoms with Gasteiger partial charge in [-0.25, -0.2) is 0 Å². The van der Waals surface area contributed by atoms with Crippen LogP contribution in [0.25, 0.3) is 0 Å². The lowest BCUT2D eigenvalue weighted by Gasteiger charge is -2.50. The van der Waals surface area contributed by atoms with Crippen molar-refractivity contribution >= 4 is 5.97 Å². The van der Waals surface area contributed by atoms with E-state index in [9.17, 15) is 4.79 Å². The highest BCUT2D eigenvalue weighted by molar-refractivity contribution is 5.77. The maximum atomic E-state index is 11.7. The summed E-state index contributed by atoms with van der Waals surface area (Å²) >= 11 is 0. The van der Waals surface area contributed by atoms with Crippen LogP contribution in [0.5, 0.6) is 0 Å². The van der Waals surface area contributed by atoms with Gasteiger partial charge in [-0.2, -0.15) is 0 Å². The first-order chi connectivity index (χ1) is 6.50. The summed E-state index contributed by atoms with van der Waals surface area (Å²) in [6.45, 7) is 7.41. The molecule has 0 aromatic carbocycles. The fourth-order valence-corrected chi connectivity index (χ4v) is 2.12. The van der Waals surface area contributed by atoms with Crippen LogP contribution in [-0.2, 0) is 14.3 Å². The Balaban J connectivity index is 2.81. The Morgan fingerprint density at radius 1 is 1.50 bits per heavy atom. The highest BCUT2D eigenvalue weighted by Gasteiger charge is 2.54. The molecule has 0 aliphatic carbocycles. The molecule has 0 aromatic rings. The molecule has 0 radical (unpaired) electrons. The molecule has 1 fully saturated rings. The smallest absolute Gasteiger partial charge is 0.311 e. The van der Waals surface area contributed by atoms with Crippen LogP contribution in [0.15, 0.2) is 0 Å². The van der Waals surface area contributed by atoms with Crippen molar-refractivity contribution in [3.63, 3.8) is 0 Å². The van der Waals surface area contributed by atoms with Crippen LogP contribution in [0.4, 0.5) is 0 Å². The number of hydrogen-bond acceptors (Lipinski definition) is 3. The molecule has 0 bridgehead atoms. The van der Waals surface area contributed by atoms with Crippen molar-refractivity contribution in [2.75, 3.05) is 20.3 Å². The van der Waals surface area contributed by atoms with Crippen molar-refractivity contribution in [2.45, 2.75) is 33.6 Å². The van der Waals surface area contributed by atoms with Crippen molar-refractivity contribution in [3.05, 3.63) is 0 Å². The van der Waals surface area contributed by atoms with Gasteiger partial charge in [-0.3, -0.25) is 4.79 Å². The molecule has 0 saturated carbocycles. The molecule has 0 N–H and O–H groups in total. The van der Waals surface area contributed by atoms with E-state index in [2.05, 4.69) is 6.92 Å². The molecule has 1 heterocycles. The largest absolute Gasteiger partial charge is 0.469 e. The molecule has 0 amide bonds. The van der Waals surface area contributed by atoms with Crippen molar-refractivity contribution in [3.8, 4) is 0 Å². The molecule has 3 nitrogen and oxygen atoms in total. The molecule has 3 heteroatoms. The zero-order valence-corrected chi connectivity index (χ0v) is 9.55. The van der Waals surface area contributed by atoms with Gasteiger partial charge < -0.3 is 9.47 Å². The number of rotatable bonds is 4. The van der Waals surface area contributed by atoms with Gasteiger partial charge in [0.15, 0.2) is 0 Å². The average molecular weight is 200 g/mol. The van der Waals surface area contributed by atoms with Crippen molar-refractivity contribution in [1.29, 1.82) is 0 Å². The summed E-state index contributed by atoms with van der Waals surface area (Å²) in [5.74, 6) is -0.130. The fourth-order valence-electron chi connectivity index (χ4n) is 2.12. The SMILES string of the molecule is CCCC1(C(C)(C)C(=O)OC)COC1. The van der Waals surface area contributed by atoms with Crippen LogP contribution in [0.1, 0.15) is 33.6 Å². The van der Waals surface area contributed by atoms with Crippen molar-refractivity contribution in [1.82, 2.24) is 0 Å². The van der Waals surface area contributed by atoms with E-state index in [-0.39, 0.29) is 11.4 Å². The molecule has 14 heavy (non-hydrogen) atoms. The van der Waals surface area contributed by atoms with Gasteiger partial charge in [0.25, 0.3) is 0 Å². The summed E-state index contributed by atoms with van der Waals surface area (Å²) in [5.41, 5.74) is -0.440. The number of carbonyl (C=O) groups is 1. The molecule has 0 atom stereocenters. The zero-order valence-electron chi connectivity index (χ0n) is 9.55. The summed E-state index contributed by atoms with van der Waals surface area (Å²) in [7, 11) is 1.45. The van der Waals surface area contributed by atoms with Gasteiger partial charge in [0, 0.05) is 5.41 Å². The van der Waals surface area contributed by atoms with Gasteiger partial charge in [0.1, 0.15) is 0 Å². The summed E-state index contributed by atoms with van der Waals surface area (Å²) in [4.78, 5) is 11.7. The quantitative estimate of drug-likeness (QED) is 0.651. The molecule has 0 unspecified atom stereocenters. The highest BCUT2D eigenvalue weighted by atomic mass is 16.5. The van der Waals surface area contributed by atoms with E-state index in [4.69, 9.17) is 9.47 Å². The number of ether oxygens (including phenoxy) is 2. The maximum Gasteiger partial charge on any atom is 0.311 e. The lowest BCUT2D eigenvalue weighted by atomic mass is 9.61. The first kappa shape index (κ1) is 11.5. The lowest BCUT2D eigenvalue weighted by Crippen LogP contribution is -2.56. The zero-order chi connectivity index (χ0) is 10.8. The molecule has 82 valence electrons. The van der Waals surface area contributed by atoms with Crippen LogP contribution < -0.4 is 0 Å². The van der Waals surface area contributed by atoms with Crippen LogP contribution in [-0.4, -0.2) is 26.3 Å². The van der Waals surface area contributed by atoms with E-state index < -0.39 is 5.41 Å². The van der Waals surface area contributed by atoms with Gasteiger partial charge in [-0.15, -0.1) is 0 Å². The Morgan fingerprint density at radius 3 is 2.36 bits per heavy atom. The van der Waals surface area contributed by atoms with Gasteiger partial charge in [-0.05, 0) is 20.3 Å². The van der Waals surface area contributed by atoms with Crippen molar-refractivity contribution in [2.24, 2.45) is 10.8 Å². The number of methoxy groups -OCH3 is 1. The van der Waals surface area contributed by atoms with Crippen LogP contribution >= 0.6 is 0 Å². The number of esters is 1. The first-order valence-corrected chi connectivity index (χ1v) is 5.16. The monoisotopic (exact) mass is 200 g/mol. The standard InChI is InChI=1S/C11H20O3/c1-5-6-11(7-14-8-11)10(2,3)9(12)13-4/h5-8H2,1-4H3. The van der Waals surface area contributed by atoms with Crippen LogP contribution in [0.2, 0.25) is 0 Å². The Kier molecular flexibility index (Phi) is 3.20. The third-order valence-electron chi connectivity index (χ3n) is 3.51. The Labute approximate surface area is 85.8 Å². The van der Waals surface area contributed by atoms with Crippen molar-refractivity contribution < 1.29 is 14.3 Å². The van der Waals surface area contributed by atoms with Gasteiger partial charge >= 0.3 is 5.97 Å². The number of hydrogen-bond donors (Lipinski definition) is 0. The molecular weight excluding hydrogens is 180 g/mol. The van der Waals surface area contributed by atoms with E-state index in [1.807, 2.05) is 13.8 Å².